The molecule has 3 nitrogen and oxygen atoms in total. The van der Waals surface area contributed by atoms with Crippen molar-refractivity contribution < 1.29 is 9.18 Å². The van der Waals surface area contributed by atoms with E-state index in [-0.39, 0.29) is 12.5 Å². The number of halogens is 2. The van der Waals surface area contributed by atoms with Crippen LogP contribution in [0.1, 0.15) is 19.8 Å². The molecule has 98 valence electrons. The summed E-state index contributed by atoms with van der Waals surface area (Å²) >= 11 is 5.74. The fraction of sp³-hybridized carbons (Fsp3) is 0.462. The Kier molecular flexibility index (Phi) is 4.07. The first-order valence-corrected chi connectivity index (χ1v) is 6.47. The van der Waals surface area contributed by atoms with Crippen molar-refractivity contribution in [2.45, 2.75) is 25.8 Å². The first-order chi connectivity index (χ1) is 8.60. The molecule has 0 atom stereocenters. The maximum atomic E-state index is 13.1. The van der Waals surface area contributed by atoms with Gasteiger partial charge in [-0.1, -0.05) is 11.6 Å². The molecule has 1 saturated carbocycles. The Bertz CT molecular complexity index is 428. The summed E-state index contributed by atoms with van der Waals surface area (Å²) < 4.78 is 13.1. The maximum absolute atomic E-state index is 13.1. The van der Waals surface area contributed by atoms with Gasteiger partial charge in [0.25, 0.3) is 0 Å². The minimum atomic E-state index is -0.410. The van der Waals surface area contributed by atoms with Crippen LogP contribution in [0.2, 0.25) is 5.02 Å². The molecule has 2 rings (SSSR count). The Morgan fingerprint density at radius 3 is 2.78 bits per heavy atom. The summed E-state index contributed by atoms with van der Waals surface area (Å²) in [6, 6.07) is 4.56. The predicted octanol–water partition coefficient (Wildman–Crippen LogP) is 2.90. The van der Waals surface area contributed by atoms with E-state index in [9.17, 15) is 9.18 Å². The third-order valence-electron chi connectivity index (χ3n) is 2.95. The van der Waals surface area contributed by atoms with Gasteiger partial charge in [0.1, 0.15) is 5.82 Å². The summed E-state index contributed by atoms with van der Waals surface area (Å²) in [5.74, 6) is -0.368. The van der Waals surface area contributed by atoms with Gasteiger partial charge < -0.3 is 10.2 Å². The van der Waals surface area contributed by atoms with E-state index in [4.69, 9.17) is 11.6 Å². The third kappa shape index (κ3) is 3.35. The van der Waals surface area contributed by atoms with Gasteiger partial charge in [-0.2, -0.15) is 0 Å². The second-order valence-corrected chi connectivity index (χ2v) is 4.86. The van der Waals surface area contributed by atoms with Crippen LogP contribution < -0.4 is 5.32 Å². The SMILES string of the molecule is CCN(C(=O)CNc1cc(F)cc(Cl)c1)C1CC1. The van der Waals surface area contributed by atoms with Gasteiger partial charge in [-0.05, 0) is 38.0 Å². The molecule has 1 aromatic rings. The summed E-state index contributed by atoms with van der Waals surface area (Å²) in [7, 11) is 0. The molecular formula is C13H16ClFN2O. The first kappa shape index (κ1) is 13.1. The Hall–Kier alpha value is -1.29. The molecule has 0 aliphatic heterocycles. The van der Waals surface area contributed by atoms with Crippen molar-refractivity contribution in [3.8, 4) is 0 Å². The fourth-order valence-electron chi connectivity index (χ4n) is 1.96. The lowest BCUT2D eigenvalue weighted by molar-refractivity contribution is -0.129. The van der Waals surface area contributed by atoms with Gasteiger partial charge in [-0.15, -0.1) is 0 Å². The van der Waals surface area contributed by atoms with Gasteiger partial charge in [0.15, 0.2) is 0 Å². The zero-order chi connectivity index (χ0) is 13.1. The molecule has 5 heteroatoms. The zero-order valence-corrected chi connectivity index (χ0v) is 11.0. The van der Waals surface area contributed by atoms with Crippen LogP contribution in [0.3, 0.4) is 0 Å². The summed E-state index contributed by atoms with van der Waals surface area (Å²) in [4.78, 5) is 13.8. The number of nitrogens with zero attached hydrogens (tertiary/aromatic N) is 1. The molecule has 1 aliphatic carbocycles. The van der Waals surface area contributed by atoms with Crippen LogP contribution in [0, 0.1) is 5.82 Å². The van der Waals surface area contributed by atoms with Crippen LogP contribution in [0.4, 0.5) is 10.1 Å². The molecule has 0 bridgehead atoms. The Balaban J connectivity index is 1.92. The highest BCUT2D eigenvalue weighted by Gasteiger charge is 2.30. The Morgan fingerprint density at radius 2 is 2.22 bits per heavy atom. The fourth-order valence-corrected chi connectivity index (χ4v) is 2.18. The van der Waals surface area contributed by atoms with E-state index < -0.39 is 5.82 Å². The zero-order valence-electron chi connectivity index (χ0n) is 10.2. The highest BCUT2D eigenvalue weighted by Crippen LogP contribution is 2.26. The molecule has 1 aliphatic rings. The third-order valence-corrected chi connectivity index (χ3v) is 3.17. The van der Waals surface area contributed by atoms with E-state index in [0.29, 0.717) is 16.8 Å². The molecule has 0 saturated heterocycles. The van der Waals surface area contributed by atoms with Gasteiger partial charge in [-0.25, -0.2) is 4.39 Å². The van der Waals surface area contributed by atoms with E-state index in [1.807, 2.05) is 11.8 Å². The molecule has 18 heavy (non-hydrogen) atoms. The quantitative estimate of drug-likeness (QED) is 0.892. The van der Waals surface area contributed by atoms with Crippen molar-refractivity contribution >= 4 is 23.2 Å². The van der Waals surface area contributed by atoms with Gasteiger partial charge >= 0.3 is 0 Å². The largest absolute Gasteiger partial charge is 0.376 e. The topological polar surface area (TPSA) is 32.3 Å². The van der Waals surface area contributed by atoms with Crippen molar-refractivity contribution in [3.63, 3.8) is 0 Å². The first-order valence-electron chi connectivity index (χ1n) is 6.09. The van der Waals surface area contributed by atoms with Crippen LogP contribution in [0.5, 0.6) is 0 Å². The molecule has 1 amide bonds. The normalized spacial score (nSPS) is 14.4. The number of hydrogen-bond donors (Lipinski definition) is 1. The average molecular weight is 271 g/mol. The Morgan fingerprint density at radius 1 is 1.50 bits per heavy atom. The molecule has 1 N–H and O–H groups in total. The number of carbonyl (C=O) groups excluding carboxylic acids is 1. The van der Waals surface area contributed by atoms with Crippen LogP contribution in [0.25, 0.3) is 0 Å². The number of anilines is 1. The maximum Gasteiger partial charge on any atom is 0.242 e. The number of carbonyl (C=O) groups is 1. The smallest absolute Gasteiger partial charge is 0.242 e. The average Bonchev–Trinajstić information content (AvgIpc) is 3.10. The second-order valence-electron chi connectivity index (χ2n) is 4.42. The van der Waals surface area contributed by atoms with E-state index in [1.54, 1.807) is 6.07 Å². The van der Waals surface area contributed by atoms with Gasteiger partial charge in [0, 0.05) is 23.3 Å². The summed E-state index contributed by atoms with van der Waals surface area (Å²) in [6.07, 6.45) is 2.18. The molecule has 1 fully saturated rings. The highest BCUT2D eigenvalue weighted by atomic mass is 35.5. The van der Waals surface area contributed by atoms with Gasteiger partial charge in [0.05, 0.1) is 6.54 Å². The number of benzene rings is 1. The van der Waals surface area contributed by atoms with Crippen LogP contribution in [-0.4, -0.2) is 29.9 Å². The minimum Gasteiger partial charge on any atom is -0.376 e. The van der Waals surface area contributed by atoms with Crippen LogP contribution in [0.15, 0.2) is 18.2 Å². The molecule has 0 aromatic heterocycles. The standard InChI is InChI=1S/C13H16ClFN2O/c1-2-17(12-3-4-12)13(18)8-16-11-6-9(14)5-10(15)7-11/h5-7,12,16H,2-4,8H2,1H3. The molecule has 0 radical (unpaired) electrons. The van der Waals surface area contributed by atoms with Crippen molar-refractivity contribution in [3.05, 3.63) is 29.0 Å². The van der Waals surface area contributed by atoms with Crippen molar-refractivity contribution in [2.24, 2.45) is 0 Å². The van der Waals surface area contributed by atoms with E-state index in [0.717, 1.165) is 19.4 Å². The lowest BCUT2D eigenvalue weighted by Gasteiger charge is -2.20. The van der Waals surface area contributed by atoms with Crippen molar-refractivity contribution in [1.29, 1.82) is 0 Å². The van der Waals surface area contributed by atoms with Gasteiger partial charge in [-0.3, -0.25) is 4.79 Å². The summed E-state index contributed by atoms with van der Waals surface area (Å²) in [5, 5.41) is 3.23. The number of amides is 1. The number of likely N-dealkylation sites (N-methyl/N-ethyl adjacent to an activating group) is 1. The van der Waals surface area contributed by atoms with E-state index in [2.05, 4.69) is 5.32 Å². The second kappa shape index (κ2) is 5.57. The summed E-state index contributed by atoms with van der Waals surface area (Å²) in [6.45, 7) is 2.86. The van der Waals surface area contributed by atoms with Crippen molar-refractivity contribution in [1.82, 2.24) is 4.90 Å². The van der Waals surface area contributed by atoms with E-state index >= 15 is 0 Å². The van der Waals surface area contributed by atoms with Crippen LogP contribution >= 0.6 is 11.6 Å². The molecule has 1 aromatic carbocycles. The van der Waals surface area contributed by atoms with Crippen LogP contribution in [-0.2, 0) is 4.79 Å². The Labute approximate surface area is 111 Å². The van der Waals surface area contributed by atoms with E-state index in [1.165, 1.54) is 12.1 Å². The minimum absolute atomic E-state index is 0.0420. The number of nitrogens with one attached hydrogen (secondary N) is 1. The van der Waals surface area contributed by atoms with Gasteiger partial charge in [0.2, 0.25) is 5.91 Å². The molecule has 0 heterocycles. The molecule has 0 unspecified atom stereocenters. The molecule has 0 spiro atoms. The monoisotopic (exact) mass is 270 g/mol. The summed E-state index contributed by atoms with van der Waals surface area (Å²) in [5.41, 5.74) is 0.528. The highest BCUT2D eigenvalue weighted by molar-refractivity contribution is 6.30. The molecular weight excluding hydrogens is 255 g/mol. The predicted molar refractivity (Wildman–Crippen MR) is 70.3 cm³/mol. The number of rotatable bonds is 5. The lowest BCUT2D eigenvalue weighted by atomic mass is 10.3. The number of hydrogen-bond acceptors (Lipinski definition) is 2. The van der Waals surface area contributed by atoms with Crippen molar-refractivity contribution in [2.75, 3.05) is 18.4 Å². The lowest BCUT2D eigenvalue weighted by Crippen LogP contribution is -2.37.